The number of carbonyl (C=O) groups is 2. The fraction of sp³-hybridized carbons (Fsp3) is 0.0400. The smallest absolute Gasteiger partial charge is 0.338 e. The van der Waals surface area contributed by atoms with E-state index in [1.54, 1.807) is 36.5 Å². The monoisotopic (exact) mass is 482 g/mol. The normalized spacial score (nSPS) is 10.8. The molecule has 35 heavy (non-hydrogen) atoms. The van der Waals surface area contributed by atoms with Gasteiger partial charge < -0.3 is 4.74 Å². The van der Waals surface area contributed by atoms with Gasteiger partial charge >= 0.3 is 5.97 Å². The highest BCUT2D eigenvalue weighted by atomic mass is 32.1. The molecule has 0 fully saturated rings. The number of nitrogens with zero attached hydrogens (tertiary/aromatic N) is 4. The molecule has 0 atom stereocenters. The van der Waals surface area contributed by atoms with Gasteiger partial charge in [0, 0.05) is 17.1 Å². The first-order chi connectivity index (χ1) is 17.1. The van der Waals surface area contributed by atoms with Crippen molar-refractivity contribution in [2.24, 2.45) is 5.10 Å². The minimum atomic E-state index is -0.648. The number of esters is 1. The minimum Gasteiger partial charge on any atom is -0.452 e. The van der Waals surface area contributed by atoms with Crippen LogP contribution in [0.1, 0.15) is 16.1 Å². The first-order valence-corrected chi connectivity index (χ1v) is 11.2. The van der Waals surface area contributed by atoms with Gasteiger partial charge in [0.1, 0.15) is 11.8 Å². The lowest BCUT2D eigenvalue weighted by molar-refractivity contribution is -0.119. The molecule has 0 bridgehead atoms. The Labute approximate surface area is 204 Å². The third-order valence-corrected chi connectivity index (χ3v) is 5.34. The van der Waals surface area contributed by atoms with Crippen LogP contribution in [0.3, 0.4) is 0 Å². The van der Waals surface area contributed by atoms with Gasteiger partial charge in [0.05, 0.1) is 16.9 Å². The summed E-state index contributed by atoms with van der Waals surface area (Å²) in [5, 5.41) is 18.2. The number of benzene rings is 2. The number of thiazole rings is 1. The molecule has 2 aromatic carbocycles. The number of ether oxygens (including phenoxy) is 1. The lowest BCUT2D eigenvalue weighted by Gasteiger charge is -2.06. The Morgan fingerprint density at radius 1 is 1.03 bits per heavy atom. The SMILES string of the molecule is N#CC(=NNc1ccc(C(=O)OCC(=O)Nc2nc(-c3ccccc3)cs2)cc1)c1ccccn1. The molecule has 2 aromatic heterocycles. The zero-order chi connectivity index (χ0) is 24.5. The van der Waals surface area contributed by atoms with Crippen molar-refractivity contribution in [3.05, 3.63) is 95.6 Å². The summed E-state index contributed by atoms with van der Waals surface area (Å²) in [6, 6.07) is 23.0. The van der Waals surface area contributed by atoms with E-state index in [4.69, 9.17) is 4.74 Å². The second kappa shape index (κ2) is 11.3. The number of carbonyl (C=O) groups excluding carboxylic acids is 2. The summed E-state index contributed by atoms with van der Waals surface area (Å²) in [5.41, 5.74) is 5.83. The fourth-order valence-corrected chi connectivity index (χ4v) is 3.62. The van der Waals surface area contributed by atoms with Gasteiger partial charge in [-0.15, -0.1) is 11.3 Å². The van der Waals surface area contributed by atoms with Crippen molar-refractivity contribution < 1.29 is 14.3 Å². The molecule has 0 aliphatic carbocycles. The van der Waals surface area contributed by atoms with Crippen LogP contribution in [0, 0.1) is 11.3 Å². The molecule has 4 rings (SSSR count). The molecule has 0 saturated carbocycles. The van der Waals surface area contributed by atoms with Crippen LogP contribution in [-0.2, 0) is 9.53 Å². The van der Waals surface area contributed by atoms with Gasteiger partial charge in [-0.25, -0.2) is 9.78 Å². The maximum absolute atomic E-state index is 12.3. The Morgan fingerprint density at radius 3 is 2.51 bits per heavy atom. The van der Waals surface area contributed by atoms with Gasteiger partial charge in [-0.1, -0.05) is 36.4 Å². The van der Waals surface area contributed by atoms with Gasteiger partial charge in [-0.2, -0.15) is 10.4 Å². The lowest BCUT2D eigenvalue weighted by Crippen LogP contribution is -2.20. The molecule has 2 N–H and O–H groups in total. The third-order valence-electron chi connectivity index (χ3n) is 4.59. The average molecular weight is 483 g/mol. The molecular weight excluding hydrogens is 464 g/mol. The summed E-state index contributed by atoms with van der Waals surface area (Å²) >= 11 is 1.29. The van der Waals surface area contributed by atoms with Crippen LogP contribution in [0.5, 0.6) is 0 Å². The van der Waals surface area contributed by atoms with Crippen LogP contribution in [0.2, 0.25) is 0 Å². The van der Waals surface area contributed by atoms with Crippen LogP contribution in [0.15, 0.2) is 89.5 Å². The molecule has 9 nitrogen and oxygen atoms in total. The molecule has 0 aliphatic heterocycles. The molecule has 0 spiro atoms. The fourth-order valence-electron chi connectivity index (χ4n) is 2.89. The van der Waals surface area contributed by atoms with Crippen molar-refractivity contribution in [2.45, 2.75) is 0 Å². The molecule has 0 aliphatic rings. The molecule has 172 valence electrons. The highest BCUT2D eigenvalue weighted by Gasteiger charge is 2.12. The third kappa shape index (κ3) is 6.34. The van der Waals surface area contributed by atoms with E-state index in [0.29, 0.717) is 16.5 Å². The number of pyridine rings is 1. The number of rotatable bonds is 8. The standard InChI is InChI=1S/C25H18N6O3S/c26-14-21(20-8-4-5-13-27-20)31-30-19-11-9-18(10-12-19)24(33)34-15-23(32)29-25-28-22(16-35-25)17-6-2-1-3-7-17/h1-13,16,30H,15H2,(H,28,29,32). The van der Waals surface area contributed by atoms with Crippen molar-refractivity contribution in [1.29, 1.82) is 5.26 Å². The Balaban J connectivity index is 1.28. The zero-order valence-electron chi connectivity index (χ0n) is 18.2. The summed E-state index contributed by atoms with van der Waals surface area (Å²) in [7, 11) is 0. The van der Waals surface area contributed by atoms with Crippen molar-refractivity contribution >= 4 is 39.7 Å². The predicted molar refractivity (Wildman–Crippen MR) is 133 cm³/mol. The molecule has 0 radical (unpaired) electrons. The summed E-state index contributed by atoms with van der Waals surface area (Å²) in [6.45, 7) is -0.445. The van der Waals surface area contributed by atoms with Gasteiger partial charge in [-0.05, 0) is 36.4 Å². The van der Waals surface area contributed by atoms with E-state index >= 15 is 0 Å². The van der Waals surface area contributed by atoms with E-state index in [-0.39, 0.29) is 11.3 Å². The van der Waals surface area contributed by atoms with Crippen LogP contribution in [-0.4, -0.2) is 34.2 Å². The van der Waals surface area contributed by atoms with Gasteiger partial charge in [0.2, 0.25) is 0 Å². The molecule has 4 aromatic rings. The summed E-state index contributed by atoms with van der Waals surface area (Å²) in [5.74, 6) is -1.14. The lowest BCUT2D eigenvalue weighted by atomic mass is 10.2. The quantitative estimate of drug-likeness (QED) is 0.217. The van der Waals surface area contributed by atoms with Crippen LogP contribution in [0.4, 0.5) is 10.8 Å². The molecule has 2 heterocycles. The second-order valence-corrected chi connectivity index (χ2v) is 7.86. The van der Waals surface area contributed by atoms with Gasteiger partial charge in [0.15, 0.2) is 17.5 Å². The Bertz CT molecular complexity index is 1380. The minimum absolute atomic E-state index is 0.121. The number of anilines is 2. The molecule has 10 heteroatoms. The van der Waals surface area contributed by atoms with Crippen molar-refractivity contribution in [3.8, 4) is 17.3 Å². The van der Waals surface area contributed by atoms with Crippen LogP contribution < -0.4 is 10.7 Å². The average Bonchev–Trinajstić information content (AvgIpc) is 3.37. The molecule has 1 amide bonds. The highest BCUT2D eigenvalue weighted by molar-refractivity contribution is 7.14. The number of nitriles is 1. The predicted octanol–water partition coefficient (Wildman–Crippen LogP) is 4.34. The summed E-state index contributed by atoms with van der Waals surface area (Å²) in [4.78, 5) is 32.9. The number of hydrogen-bond donors (Lipinski definition) is 2. The van der Waals surface area contributed by atoms with E-state index < -0.39 is 18.5 Å². The Hall–Kier alpha value is -4.88. The second-order valence-electron chi connectivity index (χ2n) is 7.00. The van der Waals surface area contributed by atoms with Crippen molar-refractivity contribution in [2.75, 3.05) is 17.3 Å². The number of nitrogens with one attached hydrogen (secondary N) is 2. The number of hydrogen-bond acceptors (Lipinski definition) is 9. The summed E-state index contributed by atoms with van der Waals surface area (Å²) < 4.78 is 5.09. The Kier molecular flexibility index (Phi) is 7.52. The molecule has 0 unspecified atom stereocenters. The van der Waals surface area contributed by atoms with Crippen molar-refractivity contribution in [1.82, 2.24) is 9.97 Å². The van der Waals surface area contributed by atoms with E-state index in [0.717, 1.165) is 11.3 Å². The topological polar surface area (TPSA) is 129 Å². The van der Waals surface area contributed by atoms with E-state index in [1.165, 1.54) is 23.5 Å². The van der Waals surface area contributed by atoms with E-state index in [1.807, 2.05) is 41.8 Å². The summed E-state index contributed by atoms with van der Waals surface area (Å²) in [6.07, 6.45) is 1.57. The Morgan fingerprint density at radius 2 is 1.80 bits per heavy atom. The van der Waals surface area contributed by atoms with Gasteiger partial charge in [0.25, 0.3) is 5.91 Å². The zero-order valence-corrected chi connectivity index (χ0v) is 19.0. The van der Waals surface area contributed by atoms with Crippen LogP contribution >= 0.6 is 11.3 Å². The van der Waals surface area contributed by atoms with Crippen molar-refractivity contribution in [3.63, 3.8) is 0 Å². The highest BCUT2D eigenvalue weighted by Crippen LogP contribution is 2.24. The first kappa shape index (κ1) is 23.3. The van der Waals surface area contributed by atoms with Crippen LogP contribution in [0.25, 0.3) is 11.3 Å². The number of hydrazone groups is 1. The maximum Gasteiger partial charge on any atom is 0.338 e. The first-order valence-electron chi connectivity index (χ1n) is 10.4. The van der Waals surface area contributed by atoms with E-state index in [2.05, 4.69) is 25.8 Å². The number of amides is 1. The molecular formula is C25H18N6O3S. The maximum atomic E-state index is 12.3. The van der Waals surface area contributed by atoms with E-state index in [9.17, 15) is 14.9 Å². The van der Waals surface area contributed by atoms with Gasteiger partial charge in [-0.3, -0.25) is 20.5 Å². The number of aromatic nitrogens is 2. The molecule has 0 saturated heterocycles. The largest absolute Gasteiger partial charge is 0.452 e.